The first-order valence-electron chi connectivity index (χ1n) is 9.20. The molecule has 2 rings (SSSR count). The Labute approximate surface area is 163 Å². The van der Waals surface area contributed by atoms with Crippen LogP contribution in [0.2, 0.25) is 0 Å². The Bertz CT molecular complexity index is 719. The summed E-state index contributed by atoms with van der Waals surface area (Å²) in [7, 11) is 0. The fourth-order valence-corrected chi connectivity index (χ4v) is 2.51. The highest BCUT2D eigenvalue weighted by Gasteiger charge is 2.45. The van der Waals surface area contributed by atoms with Gasteiger partial charge in [-0.05, 0) is 30.2 Å². The van der Waals surface area contributed by atoms with Crippen LogP contribution in [0, 0.1) is 0 Å². The zero-order valence-corrected chi connectivity index (χ0v) is 15.2. The Morgan fingerprint density at radius 3 is 2.46 bits per heavy atom. The van der Waals surface area contributed by atoms with Crippen molar-refractivity contribution in [2.75, 3.05) is 6.61 Å². The summed E-state index contributed by atoms with van der Waals surface area (Å²) >= 11 is 0. The molecule has 9 nitrogen and oxygen atoms in total. The molecule has 1 aromatic rings. The van der Waals surface area contributed by atoms with Crippen molar-refractivity contribution >= 4 is 18.0 Å². The number of benzene rings is 1. The molecule has 1 fully saturated rings. The number of rotatable bonds is 8. The van der Waals surface area contributed by atoms with Crippen molar-refractivity contribution in [2.24, 2.45) is 0 Å². The average Bonchev–Trinajstić information content (AvgIpc) is 2.66. The Hall–Kier alpha value is -2.46. The topological polar surface area (TPSA) is 143 Å². The molecule has 0 bridgehead atoms. The van der Waals surface area contributed by atoms with Gasteiger partial charge in [-0.25, -0.2) is 4.79 Å². The third-order valence-electron chi connectivity index (χ3n) is 4.00. The normalized spacial score (nSPS) is 29.1. The number of esters is 1. The van der Waals surface area contributed by atoms with Crippen LogP contribution >= 0.6 is 0 Å². The van der Waals surface area contributed by atoms with Gasteiger partial charge in [-0.2, -0.15) is 0 Å². The van der Waals surface area contributed by atoms with Gasteiger partial charge in [0.15, 0.2) is 0 Å². The van der Waals surface area contributed by atoms with E-state index in [4.69, 9.17) is 20.7 Å². The molecule has 0 amide bonds. The monoisotopic (exact) mass is 397 g/mol. The number of hydrogen-bond acceptors (Lipinski definition) is 8. The SMILES string of the molecule is [2H]C(C)CC(=O)OC[C@H]1OC(Oc2ccc(/C=C/C(=O)O)cc2)[C@H](O)[C@@H](O)[C@@H]1O. The number of aliphatic hydroxyl groups is 3. The summed E-state index contributed by atoms with van der Waals surface area (Å²) in [6.45, 7) is 1.15. The summed E-state index contributed by atoms with van der Waals surface area (Å²) in [5, 5.41) is 38.8. The minimum absolute atomic E-state index is 0.128. The van der Waals surface area contributed by atoms with Gasteiger partial charge in [0.2, 0.25) is 6.29 Å². The molecule has 0 saturated carbocycles. The second-order valence-electron chi connectivity index (χ2n) is 6.17. The maximum Gasteiger partial charge on any atom is 0.328 e. The molecule has 1 heterocycles. The van der Waals surface area contributed by atoms with Crippen LogP contribution in [0.1, 0.15) is 26.7 Å². The second kappa shape index (κ2) is 10.2. The molecule has 9 heteroatoms. The maximum atomic E-state index is 11.6. The van der Waals surface area contributed by atoms with Gasteiger partial charge < -0.3 is 34.6 Å². The van der Waals surface area contributed by atoms with Crippen molar-refractivity contribution in [1.29, 1.82) is 0 Å². The number of hydrogen-bond donors (Lipinski definition) is 4. The Kier molecular flexibility index (Phi) is 7.38. The first kappa shape index (κ1) is 20.3. The van der Waals surface area contributed by atoms with Gasteiger partial charge in [0.25, 0.3) is 0 Å². The quantitative estimate of drug-likeness (QED) is 0.360. The summed E-state index contributed by atoms with van der Waals surface area (Å²) in [6.07, 6.45) is -5.53. The molecule has 1 aliphatic heterocycles. The van der Waals surface area contributed by atoms with Crippen molar-refractivity contribution < 1.29 is 45.6 Å². The standard InChI is InChI=1S/C19H24O9/c1-2-3-15(22)26-10-13-16(23)17(24)18(25)19(28-13)27-12-7-4-11(5-8-12)6-9-14(20)21/h4-9,13,16-19,23-25H,2-3,10H2,1H3,(H,20,21)/b9-6+/t13-,16-,17+,18-,19?/m1/s1/i2D/t2?,13-,16-,17+,18-,19?. The molecular weight excluding hydrogens is 372 g/mol. The van der Waals surface area contributed by atoms with E-state index in [-0.39, 0.29) is 18.8 Å². The lowest BCUT2D eigenvalue weighted by molar-refractivity contribution is -0.278. The summed E-state index contributed by atoms with van der Waals surface area (Å²) in [4.78, 5) is 22.1. The number of aliphatic hydroxyl groups excluding tert-OH is 3. The third kappa shape index (κ3) is 6.03. The largest absolute Gasteiger partial charge is 0.478 e. The third-order valence-corrected chi connectivity index (χ3v) is 4.00. The van der Waals surface area contributed by atoms with Gasteiger partial charge in [-0.1, -0.05) is 19.1 Å². The molecule has 4 N–H and O–H groups in total. The molecule has 0 aliphatic carbocycles. The van der Waals surface area contributed by atoms with Crippen LogP contribution in [0.5, 0.6) is 5.75 Å². The smallest absolute Gasteiger partial charge is 0.328 e. The maximum absolute atomic E-state index is 11.6. The molecule has 1 saturated heterocycles. The highest BCUT2D eigenvalue weighted by Crippen LogP contribution is 2.25. The number of carboxylic acids is 1. The van der Waals surface area contributed by atoms with E-state index in [1.807, 2.05) is 0 Å². The summed E-state index contributed by atoms with van der Waals surface area (Å²) in [5.74, 6) is -1.46. The van der Waals surface area contributed by atoms with Crippen molar-refractivity contribution in [1.82, 2.24) is 0 Å². The predicted molar refractivity (Wildman–Crippen MR) is 96.3 cm³/mol. The van der Waals surface area contributed by atoms with E-state index in [1.165, 1.54) is 25.1 Å². The molecule has 6 atom stereocenters. The Morgan fingerprint density at radius 1 is 1.18 bits per heavy atom. The van der Waals surface area contributed by atoms with Crippen LogP contribution in [0.4, 0.5) is 0 Å². The number of carbonyl (C=O) groups excluding carboxylic acids is 1. The number of aliphatic carboxylic acids is 1. The lowest BCUT2D eigenvalue weighted by Gasteiger charge is -2.39. The summed E-state index contributed by atoms with van der Waals surface area (Å²) < 4.78 is 23.3. The average molecular weight is 397 g/mol. The number of ether oxygens (including phenoxy) is 3. The highest BCUT2D eigenvalue weighted by molar-refractivity contribution is 5.85. The molecule has 1 aliphatic rings. The van der Waals surface area contributed by atoms with Crippen molar-refractivity contribution in [2.45, 2.75) is 50.4 Å². The molecule has 1 aromatic carbocycles. The molecule has 28 heavy (non-hydrogen) atoms. The first-order valence-corrected chi connectivity index (χ1v) is 8.62. The van der Waals surface area contributed by atoms with Crippen LogP contribution in [0.3, 0.4) is 0 Å². The molecular formula is C19H24O9. The second-order valence-corrected chi connectivity index (χ2v) is 6.17. The van der Waals surface area contributed by atoms with Crippen molar-refractivity contribution in [3.05, 3.63) is 35.9 Å². The minimum atomic E-state index is -1.59. The Balaban J connectivity index is 2.00. The van der Waals surface area contributed by atoms with Crippen molar-refractivity contribution in [3.8, 4) is 5.75 Å². The van der Waals surface area contributed by atoms with Gasteiger partial charge >= 0.3 is 11.9 Å². The summed E-state index contributed by atoms with van der Waals surface area (Å²) in [6, 6.07) is 6.19. The zero-order chi connectivity index (χ0) is 21.6. The fourth-order valence-electron chi connectivity index (χ4n) is 2.51. The number of carbonyl (C=O) groups is 2. The fraction of sp³-hybridized carbons (Fsp3) is 0.474. The molecule has 0 radical (unpaired) electrons. The zero-order valence-electron chi connectivity index (χ0n) is 16.2. The van der Waals surface area contributed by atoms with Crippen molar-refractivity contribution in [3.63, 3.8) is 0 Å². The van der Waals surface area contributed by atoms with Crippen LogP contribution in [0.15, 0.2) is 30.3 Å². The molecule has 0 aromatic heterocycles. The van der Waals surface area contributed by atoms with E-state index in [2.05, 4.69) is 0 Å². The van der Waals surface area contributed by atoms with E-state index < -0.39 is 49.0 Å². The van der Waals surface area contributed by atoms with Crippen LogP contribution in [-0.4, -0.2) is 69.7 Å². The van der Waals surface area contributed by atoms with E-state index >= 15 is 0 Å². The minimum Gasteiger partial charge on any atom is -0.478 e. The first-order chi connectivity index (χ1) is 13.7. The molecule has 154 valence electrons. The molecule has 0 spiro atoms. The highest BCUT2D eigenvalue weighted by atomic mass is 16.7. The van der Waals surface area contributed by atoms with Crippen LogP contribution in [-0.2, 0) is 19.1 Å². The van der Waals surface area contributed by atoms with Crippen LogP contribution in [0.25, 0.3) is 6.08 Å². The van der Waals surface area contributed by atoms with Gasteiger partial charge in [0.05, 0.1) is 0 Å². The predicted octanol–water partition coefficient (Wildman–Crippen LogP) is 0.314. The lowest BCUT2D eigenvalue weighted by atomic mass is 9.99. The van der Waals surface area contributed by atoms with Gasteiger partial charge in [0.1, 0.15) is 36.8 Å². The van der Waals surface area contributed by atoms with E-state index in [9.17, 15) is 24.9 Å². The van der Waals surface area contributed by atoms with Gasteiger partial charge in [-0.15, -0.1) is 0 Å². The molecule has 2 unspecified atom stereocenters. The van der Waals surface area contributed by atoms with E-state index in [0.29, 0.717) is 5.56 Å². The van der Waals surface area contributed by atoms with E-state index in [0.717, 1.165) is 6.08 Å². The van der Waals surface area contributed by atoms with Gasteiger partial charge in [0, 0.05) is 13.9 Å². The Morgan fingerprint density at radius 2 is 1.86 bits per heavy atom. The number of carboxylic acid groups (broad SMARTS) is 1. The van der Waals surface area contributed by atoms with E-state index in [1.54, 1.807) is 12.1 Å². The van der Waals surface area contributed by atoms with Crippen LogP contribution < -0.4 is 4.74 Å². The lowest BCUT2D eigenvalue weighted by Crippen LogP contribution is -2.60. The van der Waals surface area contributed by atoms with Gasteiger partial charge in [-0.3, -0.25) is 4.79 Å². The summed E-state index contributed by atoms with van der Waals surface area (Å²) in [5.41, 5.74) is 0.605.